The molecule has 1 aromatic rings. The molecular formula is C19H28N2O7S. The van der Waals surface area contributed by atoms with Crippen LogP contribution in [-0.2, 0) is 24.4 Å². The maximum absolute atomic E-state index is 12.4. The summed E-state index contributed by atoms with van der Waals surface area (Å²) in [5.41, 5.74) is 2.42. The minimum atomic E-state index is -3.62. The van der Waals surface area contributed by atoms with Crippen molar-refractivity contribution in [2.45, 2.75) is 56.1 Å². The molecule has 0 aromatic heterocycles. The molecule has 9 nitrogen and oxygen atoms in total. The molecule has 2 aliphatic rings. The number of amides is 1. The molecule has 1 saturated heterocycles. The van der Waals surface area contributed by atoms with Crippen LogP contribution in [0.15, 0.2) is 23.1 Å². The van der Waals surface area contributed by atoms with Gasteiger partial charge in [0.25, 0.3) is 0 Å². The minimum Gasteiger partial charge on any atom is -0.486 e. The van der Waals surface area contributed by atoms with E-state index in [0.29, 0.717) is 57.1 Å². The SMILES string of the molecule is O=C(CCCCCNS(=O)(=O)c1ccc2c(c1)OCCO2)NOC1CCCCO1. The highest BCUT2D eigenvalue weighted by Gasteiger charge is 2.19. The number of ether oxygens (including phenoxy) is 3. The van der Waals surface area contributed by atoms with Crippen LogP contribution >= 0.6 is 0 Å². The van der Waals surface area contributed by atoms with Crippen LogP contribution in [0.3, 0.4) is 0 Å². The van der Waals surface area contributed by atoms with E-state index >= 15 is 0 Å². The molecule has 10 heteroatoms. The average Bonchev–Trinajstić information content (AvgIpc) is 2.75. The Morgan fingerprint density at radius 1 is 1.07 bits per heavy atom. The summed E-state index contributed by atoms with van der Waals surface area (Å²) in [4.78, 5) is 17.1. The lowest BCUT2D eigenvalue weighted by atomic mass is 10.2. The van der Waals surface area contributed by atoms with Crippen LogP contribution in [0.4, 0.5) is 0 Å². The second kappa shape index (κ2) is 10.8. The second-order valence-corrected chi connectivity index (χ2v) is 8.72. The zero-order valence-corrected chi connectivity index (χ0v) is 17.2. The van der Waals surface area contributed by atoms with Crippen molar-refractivity contribution in [1.29, 1.82) is 0 Å². The normalized spacial score (nSPS) is 19.0. The number of carbonyl (C=O) groups is 1. The number of hydrogen-bond acceptors (Lipinski definition) is 7. The highest BCUT2D eigenvalue weighted by molar-refractivity contribution is 7.89. The summed E-state index contributed by atoms with van der Waals surface area (Å²) < 4.78 is 43.6. The molecule has 0 bridgehead atoms. The third-order valence-electron chi connectivity index (χ3n) is 4.64. The van der Waals surface area contributed by atoms with Crippen LogP contribution < -0.4 is 19.7 Å². The Labute approximate surface area is 171 Å². The van der Waals surface area contributed by atoms with Crippen LogP contribution in [-0.4, -0.2) is 47.0 Å². The van der Waals surface area contributed by atoms with Gasteiger partial charge >= 0.3 is 0 Å². The van der Waals surface area contributed by atoms with Crippen molar-refractivity contribution in [3.63, 3.8) is 0 Å². The fourth-order valence-electron chi connectivity index (χ4n) is 3.05. The summed E-state index contributed by atoms with van der Waals surface area (Å²) in [6, 6.07) is 4.56. The highest BCUT2D eigenvalue weighted by Crippen LogP contribution is 2.32. The number of nitrogens with one attached hydrogen (secondary N) is 2. The molecule has 0 saturated carbocycles. The molecule has 1 amide bonds. The van der Waals surface area contributed by atoms with Gasteiger partial charge in [0.1, 0.15) is 13.2 Å². The highest BCUT2D eigenvalue weighted by atomic mass is 32.2. The van der Waals surface area contributed by atoms with E-state index in [9.17, 15) is 13.2 Å². The van der Waals surface area contributed by atoms with Gasteiger partial charge in [0.05, 0.1) is 4.90 Å². The summed E-state index contributed by atoms with van der Waals surface area (Å²) in [6.45, 7) is 1.81. The van der Waals surface area contributed by atoms with Crippen LogP contribution in [0.1, 0.15) is 44.9 Å². The van der Waals surface area contributed by atoms with E-state index in [0.717, 1.165) is 25.7 Å². The molecule has 1 aromatic carbocycles. The molecule has 0 aliphatic carbocycles. The fraction of sp³-hybridized carbons (Fsp3) is 0.632. The Kier molecular flexibility index (Phi) is 8.10. The van der Waals surface area contributed by atoms with Crippen molar-refractivity contribution in [1.82, 2.24) is 10.2 Å². The molecule has 29 heavy (non-hydrogen) atoms. The van der Waals surface area contributed by atoms with Crippen molar-refractivity contribution >= 4 is 15.9 Å². The topological polar surface area (TPSA) is 112 Å². The van der Waals surface area contributed by atoms with E-state index in [1.165, 1.54) is 12.1 Å². The molecule has 0 radical (unpaired) electrons. The van der Waals surface area contributed by atoms with E-state index in [1.54, 1.807) is 6.07 Å². The fourth-order valence-corrected chi connectivity index (χ4v) is 4.14. The first-order valence-corrected chi connectivity index (χ1v) is 11.5. The number of hydroxylamine groups is 1. The van der Waals surface area contributed by atoms with Gasteiger partial charge in [0, 0.05) is 32.1 Å². The summed E-state index contributed by atoms with van der Waals surface area (Å²) >= 11 is 0. The molecule has 1 atom stereocenters. The predicted molar refractivity (Wildman–Crippen MR) is 104 cm³/mol. The zero-order chi connectivity index (χ0) is 20.5. The quantitative estimate of drug-likeness (QED) is 0.432. The van der Waals surface area contributed by atoms with E-state index < -0.39 is 10.0 Å². The molecule has 1 unspecified atom stereocenters. The summed E-state index contributed by atoms with van der Waals surface area (Å²) in [5.74, 6) is 0.787. The van der Waals surface area contributed by atoms with Crippen LogP contribution in [0.5, 0.6) is 11.5 Å². The van der Waals surface area contributed by atoms with Gasteiger partial charge in [-0.1, -0.05) is 6.42 Å². The van der Waals surface area contributed by atoms with Gasteiger partial charge in [-0.05, 0) is 37.8 Å². The Balaban J connectivity index is 1.30. The average molecular weight is 429 g/mol. The van der Waals surface area contributed by atoms with Gasteiger partial charge in [-0.2, -0.15) is 0 Å². The van der Waals surface area contributed by atoms with Crippen molar-refractivity contribution in [2.24, 2.45) is 0 Å². The van der Waals surface area contributed by atoms with Gasteiger partial charge in [0.2, 0.25) is 15.9 Å². The van der Waals surface area contributed by atoms with Crippen molar-refractivity contribution in [2.75, 3.05) is 26.4 Å². The predicted octanol–water partition coefficient (Wildman–Crippen LogP) is 1.87. The minimum absolute atomic E-state index is 0.142. The second-order valence-electron chi connectivity index (χ2n) is 6.95. The summed E-state index contributed by atoms with van der Waals surface area (Å²) in [6.07, 6.45) is 4.79. The molecule has 2 N–H and O–H groups in total. The molecule has 1 fully saturated rings. The van der Waals surface area contributed by atoms with Gasteiger partial charge in [-0.15, -0.1) is 0 Å². The number of fused-ring (bicyclic) bond motifs is 1. The largest absolute Gasteiger partial charge is 0.486 e. The maximum atomic E-state index is 12.4. The molecule has 2 heterocycles. The van der Waals surface area contributed by atoms with Crippen molar-refractivity contribution < 1.29 is 32.3 Å². The zero-order valence-electron chi connectivity index (χ0n) is 16.4. The van der Waals surface area contributed by atoms with Crippen LogP contribution in [0.2, 0.25) is 0 Å². The molecule has 2 aliphatic heterocycles. The first-order valence-electron chi connectivity index (χ1n) is 10.00. The van der Waals surface area contributed by atoms with Crippen molar-refractivity contribution in [3.8, 4) is 11.5 Å². The molecule has 162 valence electrons. The van der Waals surface area contributed by atoms with Gasteiger partial charge in [-0.3, -0.25) is 4.79 Å². The number of unbranched alkanes of at least 4 members (excludes halogenated alkanes) is 2. The van der Waals surface area contributed by atoms with Crippen LogP contribution in [0, 0.1) is 0 Å². The number of sulfonamides is 1. The van der Waals surface area contributed by atoms with Crippen LogP contribution in [0.25, 0.3) is 0 Å². The molecule has 3 rings (SSSR count). The lowest BCUT2D eigenvalue weighted by molar-refractivity contribution is -0.200. The molecular weight excluding hydrogens is 400 g/mol. The Hall–Kier alpha value is -1.88. The number of carbonyl (C=O) groups excluding carboxylic acids is 1. The number of hydrogen-bond donors (Lipinski definition) is 2. The van der Waals surface area contributed by atoms with E-state index in [2.05, 4.69) is 10.2 Å². The van der Waals surface area contributed by atoms with Crippen molar-refractivity contribution in [3.05, 3.63) is 18.2 Å². The van der Waals surface area contributed by atoms with E-state index in [1.807, 2.05) is 0 Å². The number of benzene rings is 1. The summed E-state index contributed by atoms with van der Waals surface area (Å²) in [7, 11) is -3.62. The Morgan fingerprint density at radius 2 is 1.90 bits per heavy atom. The Bertz CT molecular complexity index is 779. The first kappa shape index (κ1) is 21.8. The van der Waals surface area contributed by atoms with Gasteiger partial charge < -0.3 is 14.2 Å². The Morgan fingerprint density at radius 3 is 2.69 bits per heavy atom. The number of rotatable bonds is 10. The van der Waals surface area contributed by atoms with E-state index in [-0.39, 0.29) is 17.1 Å². The standard InChI is InChI=1S/C19H28N2O7S/c22-18(21-28-19-7-3-5-11-27-19)6-2-1-4-10-20-29(23,24)15-8-9-16-17(14-15)26-13-12-25-16/h8-9,14,19-20H,1-7,10-13H2,(H,21,22). The lowest BCUT2D eigenvalue weighted by Gasteiger charge is -2.22. The monoisotopic (exact) mass is 428 g/mol. The first-order chi connectivity index (χ1) is 14.0. The maximum Gasteiger partial charge on any atom is 0.243 e. The third-order valence-corrected chi connectivity index (χ3v) is 6.10. The third kappa shape index (κ3) is 6.84. The summed E-state index contributed by atoms with van der Waals surface area (Å²) in [5, 5.41) is 0. The smallest absolute Gasteiger partial charge is 0.243 e. The lowest BCUT2D eigenvalue weighted by Crippen LogP contribution is -2.33. The van der Waals surface area contributed by atoms with Gasteiger partial charge in [0.15, 0.2) is 17.8 Å². The van der Waals surface area contributed by atoms with E-state index in [4.69, 9.17) is 19.0 Å². The molecule has 0 spiro atoms. The van der Waals surface area contributed by atoms with Gasteiger partial charge in [-0.25, -0.2) is 23.5 Å².